The standard InChI is InChI=1S/C11H22N2O3/c1-3-10-8-12(9-11(14)15)4-5-13(10)6-7-16-2/h10H,3-9H2,1-2H3,(H,14,15). The van der Waals surface area contributed by atoms with E-state index >= 15 is 0 Å². The van der Waals surface area contributed by atoms with Gasteiger partial charge in [-0.15, -0.1) is 0 Å². The van der Waals surface area contributed by atoms with Crippen LogP contribution >= 0.6 is 0 Å². The highest BCUT2D eigenvalue weighted by Crippen LogP contribution is 2.12. The van der Waals surface area contributed by atoms with Crippen molar-refractivity contribution < 1.29 is 14.6 Å². The van der Waals surface area contributed by atoms with Gasteiger partial charge in [-0.3, -0.25) is 14.6 Å². The van der Waals surface area contributed by atoms with Crippen LogP contribution in [0.3, 0.4) is 0 Å². The molecule has 1 aliphatic heterocycles. The van der Waals surface area contributed by atoms with E-state index in [1.165, 1.54) is 0 Å². The number of hydrogen-bond acceptors (Lipinski definition) is 4. The van der Waals surface area contributed by atoms with Crippen molar-refractivity contribution in [3.05, 3.63) is 0 Å². The van der Waals surface area contributed by atoms with E-state index in [0.717, 1.165) is 39.2 Å². The maximum absolute atomic E-state index is 10.6. The number of aliphatic carboxylic acids is 1. The zero-order valence-electron chi connectivity index (χ0n) is 10.2. The number of methoxy groups -OCH3 is 1. The van der Waals surface area contributed by atoms with Crippen molar-refractivity contribution in [2.45, 2.75) is 19.4 Å². The van der Waals surface area contributed by atoms with E-state index in [-0.39, 0.29) is 6.54 Å². The van der Waals surface area contributed by atoms with Gasteiger partial charge in [0.1, 0.15) is 0 Å². The first-order valence-electron chi connectivity index (χ1n) is 5.84. The van der Waals surface area contributed by atoms with Gasteiger partial charge in [-0.2, -0.15) is 0 Å². The fourth-order valence-electron chi connectivity index (χ4n) is 2.18. The van der Waals surface area contributed by atoms with Crippen LogP contribution in [0, 0.1) is 0 Å². The predicted molar refractivity (Wildman–Crippen MR) is 61.6 cm³/mol. The lowest BCUT2D eigenvalue weighted by Crippen LogP contribution is -2.54. The van der Waals surface area contributed by atoms with Crippen LogP contribution in [0.2, 0.25) is 0 Å². The summed E-state index contributed by atoms with van der Waals surface area (Å²) in [5, 5.41) is 8.76. The smallest absolute Gasteiger partial charge is 0.317 e. The third-order valence-electron chi connectivity index (χ3n) is 3.10. The number of ether oxygens (including phenoxy) is 1. The largest absolute Gasteiger partial charge is 0.480 e. The highest BCUT2D eigenvalue weighted by atomic mass is 16.5. The molecule has 5 nitrogen and oxygen atoms in total. The molecule has 5 heteroatoms. The molecular formula is C11H22N2O3. The number of nitrogens with zero attached hydrogens (tertiary/aromatic N) is 2. The number of carboxylic acid groups (broad SMARTS) is 1. The summed E-state index contributed by atoms with van der Waals surface area (Å²) in [6, 6.07) is 0.461. The first-order chi connectivity index (χ1) is 7.67. The molecule has 0 aromatic carbocycles. The Hall–Kier alpha value is -0.650. The molecule has 1 rings (SSSR count). The Kier molecular flexibility index (Phi) is 5.73. The number of hydrogen-bond donors (Lipinski definition) is 1. The summed E-state index contributed by atoms with van der Waals surface area (Å²) in [6.07, 6.45) is 1.06. The van der Waals surface area contributed by atoms with Gasteiger partial charge in [0, 0.05) is 39.3 Å². The molecule has 1 aliphatic rings. The average Bonchev–Trinajstić information content (AvgIpc) is 2.26. The van der Waals surface area contributed by atoms with Gasteiger partial charge in [0.25, 0.3) is 0 Å². The zero-order valence-corrected chi connectivity index (χ0v) is 10.2. The Morgan fingerprint density at radius 1 is 1.50 bits per heavy atom. The van der Waals surface area contributed by atoms with Crippen LogP contribution < -0.4 is 0 Å². The summed E-state index contributed by atoms with van der Waals surface area (Å²) in [5.74, 6) is -0.736. The van der Waals surface area contributed by atoms with Crippen LogP contribution in [-0.4, -0.2) is 73.4 Å². The van der Waals surface area contributed by atoms with E-state index in [9.17, 15) is 4.79 Å². The first-order valence-corrected chi connectivity index (χ1v) is 5.84. The molecule has 1 heterocycles. The molecule has 0 radical (unpaired) electrons. The Labute approximate surface area is 97.0 Å². The van der Waals surface area contributed by atoms with Crippen molar-refractivity contribution in [1.29, 1.82) is 0 Å². The van der Waals surface area contributed by atoms with Gasteiger partial charge in [0.15, 0.2) is 0 Å². The normalized spacial score (nSPS) is 23.5. The quantitative estimate of drug-likeness (QED) is 0.702. The molecule has 0 aromatic rings. The van der Waals surface area contributed by atoms with Gasteiger partial charge in [0.2, 0.25) is 0 Å². The summed E-state index contributed by atoms with van der Waals surface area (Å²) in [6.45, 7) is 6.63. The van der Waals surface area contributed by atoms with Gasteiger partial charge in [-0.25, -0.2) is 0 Å². The van der Waals surface area contributed by atoms with Crippen LogP contribution in [-0.2, 0) is 9.53 Å². The molecule has 16 heavy (non-hydrogen) atoms. The minimum Gasteiger partial charge on any atom is -0.480 e. The van der Waals surface area contributed by atoms with Crippen LogP contribution in [0.4, 0.5) is 0 Å². The average molecular weight is 230 g/mol. The van der Waals surface area contributed by atoms with E-state index in [0.29, 0.717) is 6.04 Å². The lowest BCUT2D eigenvalue weighted by atomic mass is 10.1. The van der Waals surface area contributed by atoms with Crippen molar-refractivity contribution in [3.8, 4) is 0 Å². The molecule has 1 N–H and O–H groups in total. The Bertz CT molecular complexity index is 223. The number of carboxylic acids is 1. The molecule has 0 amide bonds. The predicted octanol–water partition coefficient (Wildman–Crippen LogP) is 0.114. The molecule has 1 atom stereocenters. The zero-order chi connectivity index (χ0) is 12.0. The van der Waals surface area contributed by atoms with E-state index < -0.39 is 5.97 Å². The number of carbonyl (C=O) groups is 1. The van der Waals surface area contributed by atoms with Crippen LogP contribution in [0.25, 0.3) is 0 Å². The van der Waals surface area contributed by atoms with Crippen molar-refractivity contribution in [3.63, 3.8) is 0 Å². The summed E-state index contributed by atoms with van der Waals surface area (Å²) in [7, 11) is 1.71. The maximum atomic E-state index is 10.6. The van der Waals surface area contributed by atoms with Crippen LogP contribution in [0.5, 0.6) is 0 Å². The third-order valence-corrected chi connectivity index (χ3v) is 3.10. The Balaban J connectivity index is 2.40. The SMILES string of the molecule is CCC1CN(CC(=O)O)CCN1CCOC. The Morgan fingerprint density at radius 3 is 2.81 bits per heavy atom. The minimum atomic E-state index is -0.736. The summed E-state index contributed by atoms with van der Waals surface area (Å²) >= 11 is 0. The van der Waals surface area contributed by atoms with Crippen molar-refractivity contribution in [2.24, 2.45) is 0 Å². The van der Waals surface area contributed by atoms with Crippen molar-refractivity contribution in [1.82, 2.24) is 9.80 Å². The number of piperazine rings is 1. The van der Waals surface area contributed by atoms with Gasteiger partial charge in [0.05, 0.1) is 13.2 Å². The van der Waals surface area contributed by atoms with E-state index in [1.54, 1.807) is 7.11 Å². The molecule has 1 unspecified atom stereocenters. The van der Waals surface area contributed by atoms with Crippen LogP contribution in [0.1, 0.15) is 13.3 Å². The molecule has 1 fully saturated rings. The summed E-state index contributed by atoms with van der Waals surface area (Å²) in [5.41, 5.74) is 0. The Morgan fingerprint density at radius 2 is 2.25 bits per heavy atom. The fourth-order valence-corrected chi connectivity index (χ4v) is 2.18. The van der Waals surface area contributed by atoms with Crippen molar-refractivity contribution in [2.75, 3.05) is 46.4 Å². The second kappa shape index (κ2) is 6.83. The monoisotopic (exact) mass is 230 g/mol. The van der Waals surface area contributed by atoms with Gasteiger partial charge < -0.3 is 9.84 Å². The van der Waals surface area contributed by atoms with E-state index in [1.807, 2.05) is 4.90 Å². The molecule has 0 aromatic heterocycles. The molecule has 1 saturated heterocycles. The highest BCUT2D eigenvalue weighted by Gasteiger charge is 2.26. The molecule has 94 valence electrons. The molecule has 0 saturated carbocycles. The van der Waals surface area contributed by atoms with Gasteiger partial charge in [-0.05, 0) is 6.42 Å². The number of rotatable bonds is 6. The molecular weight excluding hydrogens is 208 g/mol. The topological polar surface area (TPSA) is 53.0 Å². The van der Waals surface area contributed by atoms with Crippen molar-refractivity contribution >= 4 is 5.97 Å². The lowest BCUT2D eigenvalue weighted by Gasteiger charge is -2.40. The fraction of sp³-hybridized carbons (Fsp3) is 0.909. The van der Waals surface area contributed by atoms with Gasteiger partial charge >= 0.3 is 5.97 Å². The van der Waals surface area contributed by atoms with Crippen LogP contribution in [0.15, 0.2) is 0 Å². The first kappa shape index (κ1) is 13.4. The lowest BCUT2D eigenvalue weighted by molar-refractivity contribution is -0.139. The maximum Gasteiger partial charge on any atom is 0.317 e. The summed E-state index contributed by atoms with van der Waals surface area (Å²) < 4.78 is 5.08. The van der Waals surface area contributed by atoms with E-state index in [2.05, 4.69) is 11.8 Å². The second-order valence-electron chi connectivity index (χ2n) is 4.22. The minimum absolute atomic E-state index is 0.161. The molecule has 0 aliphatic carbocycles. The second-order valence-corrected chi connectivity index (χ2v) is 4.22. The molecule has 0 spiro atoms. The molecule has 0 bridgehead atoms. The third kappa shape index (κ3) is 4.08. The summed E-state index contributed by atoms with van der Waals surface area (Å²) in [4.78, 5) is 15.0. The van der Waals surface area contributed by atoms with Gasteiger partial charge in [-0.1, -0.05) is 6.92 Å². The highest BCUT2D eigenvalue weighted by molar-refractivity contribution is 5.69. The van der Waals surface area contributed by atoms with E-state index in [4.69, 9.17) is 9.84 Å².